The molecule has 0 bridgehead atoms. The van der Waals surface area contributed by atoms with Crippen molar-refractivity contribution >= 4 is 5.97 Å². The van der Waals surface area contributed by atoms with Crippen LogP contribution in [-0.4, -0.2) is 67.2 Å². The van der Waals surface area contributed by atoms with E-state index in [-0.39, 0.29) is 6.08 Å². The molecule has 0 radical (unpaired) electrons. The van der Waals surface area contributed by atoms with Gasteiger partial charge in [0, 0.05) is 6.08 Å². The van der Waals surface area contributed by atoms with Gasteiger partial charge in [0.15, 0.2) is 0 Å². The summed E-state index contributed by atoms with van der Waals surface area (Å²) in [7, 11) is 0. The van der Waals surface area contributed by atoms with Crippen molar-refractivity contribution in [3.63, 3.8) is 0 Å². The average Bonchev–Trinajstić information content (AvgIpc) is 2.63. The van der Waals surface area contributed by atoms with Crippen LogP contribution in [0, 0.1) is 0 Å². The summed E-state index contributed by atoms with van der Waals surface area (Å²) in [4.78, 5) is 10.6. The Morgan fingerprint density at radius 2 is 0.868 bits per heavy atom. The van der Waals surface area contributed by atoms with Gasteiger partial charge >= 0.3 is 60.6 Å². The maximum Gasteiger partial charge on any atom is 0.462 e. The molecule has 38 heavy (non-hydrogen) atoms. The number of alkyl halides is 19. The topological polar surface area (TPSA) is 54.0 Å². The third-order valence-corrected chi connectivity index (χ3v) is 3.42. The molecule has 0 saturated carbocycles. The molecule has 0 atom stereocenters. The van der Waals surface area contributed by atoms with Crippen LogP contribution >= 0.6 is 0 Å². The van der Waals surface area contributed by atoms with Crippen molar-refractivity contribution < 1.29 is 107 Å². The van der Waals surface area contributed by atoms with Crippen molar-refractivity contribution in [1.82, 2.24) is 0 Å². The quantitative estimate of drug-likeness (QED) is 0.126. The van der Waals surface area contributed by atoms with E-state index in [4.69, 9.17) is 0 Å². The molecular weight excluding hydrogens is 609 g/mol. The zero-order valence-corrected chi connectivity index (χ0v) is 16.9. The maximum atomic E-state index is 13.3. The second-order valence-electron chi connectivity index (χ2n) is 6.31. The predicted molar refractivity (Wildman–Crippen MR) is 74.7 cm³/mol. The van der Waals surface area contributed by atoms with E-state index in [9.17, 15) is 88.2 Å². The Balaban J connectivity index is 5.91. The fraction of sp³-hybridized carbons (Fsp3) is 0.786. The molecule has 0 N–H and O–H groups in total. The van der Waals surface area contributed by atoms with Crippen LogP contribution < -0.4 is 0 Å². The lowest BCUT2D eigenvalue weighted by atomic mass is 10.2. The minimum atomic E-state index is -7.81. The number of carbonyl (C=O) groups excluding carboxylic acids is 1. The average molecular weight is 616 g/mol. The van der Waals surface area contributed by atoms with E-state index in [1.807, 2.05) is 0 Å². The molecule has 0 spiro atoms. The fourth-order valence-electron chi connectivity index (χ4n) is 1.51. The first-order chi connectivity index (χ1) is 16.3. The van der Waals surface area contributed by atoms with Crippen LogP contribution in [0.25, 0.3) is 0 Å². The molecule has 0 aliphatic carbocycles. The maximum absolute atomic E-state index is 13.3. The lowest BCUT2D eigenvalue weighted by Crippen LogP contribution is -2.61. The first-order valence-electron chi connectivity index (χ1n) is 8.31. The molecular formula is C14H7F19O5. The molecule has 0 saturated heterocycles. The Morgan fingerprint density at radius 1 is 0.553 bits per heavy atom. The molecule has 0 aromatic heterocycles. The molecule has 0 aliphatic rings. The van der Waals surface area contributed by atoms with Crippen LogP contribution in [-0.2, 0) is 23.7 Å². The standard InChI is InChI=1S/C14H7F19O5/c1-2-5(34)35-4-3-6(15,16)9(22,23)36-11(26,27)13(30,31)38-14(32,33)12(28,29)37-10(24,25)7(17,18)8(19,20)21/h2H,1,3-4H2. The number of rotatable bonds is 14. The number of carbonyl (C=O) groups is 1. The number of halogens is 19. The molecule has 0 fully saturated rings. The molecule has 0 aromatic carbocycles. The van der Waals surface area contributed by atoms with Gasteiger partial charge in [-0.3, -0.25) is 0 Å². The van der Waals surface area contributed by atoms with Gasteiger partial charge in [0.05, 0.1) is 13.0 Å². The molecule has 0 rings (SSSR count). The molecule has 0 aliphatic heterocycles. The summed E-state index contributed by atoms with van der Waals surface area (Å²) < 4.78 is 253. The number of hydrogen-bond acceptors (Lipinski definition) is 5. The smallest absolute Gasteiger partial charge is 0.462 e. The zero-order valence-electron chi connectivity index (χ0n) is 16.9. The van der Waals surface area contributed by atoms with Crippen molar-refractivity contribution in [2.24, 2.45) is 0 Å². The van der Waals surface area contributed by atoms with Gasteiger partial charge in [0.1, 0.15) is 0 Å². The highest BCUT2D eigenvalue weighted by molar-refractivity contribution is 5.81. The Morgan fingerprint density at radius 3 is 1.18 bits per heavy atom. The monoisotopic (exact) mass is 616 g/mol. The van der Waals surface area contributed by atoms with Gasteiger partial charge in [0.2, 0.25) is 0 Å². The van der Waals surface area contributed by atoms with E-state index in [2.05, 4.69) is 11.3 Å². The van der Waals surface area contributed by atoms with E-state index < -0.39 is 73.7 Å². The molecule has 5 nitrogen and oxygen atoms in total. The Kier molecular flexibility index (Phi) is 9.77. The highest BCUT2D eigenvalue weighted by Gasteiger charge is 2.81. The molecule has 0 heterocycles. The van der Waals surface area contributed by atoms with E-state index in [0.29, 0.717) is 0 Å². The van der Waals surface area contributed by atoms with Crippen molar-refractivity contribution in [2.45, 2.75) is 61.1 Å². The molecule has 0 aromatic rings. The first kappa shape index (κ1) is 35.8. The third-order valence-electron chi connectivity index (χ3n) is 3.42. The van der Waals surface area contributed by atoms with Crippen LogP contribution in [0.3, 0.4) is 0 Å². The summed E-state index contributed by atoms with van der Waals surface area (Å²) in [5.74, 6) is -15.4. The van der Waals surface area contributed by atoms with Gasteiger partial charge < -0.3 is 4.74 Å². The van der Waals surface area contributed by atoms with Crippen molar-refractivity contribution in [1.29, 1.82) is 0 Å². The predicted octanol–water partition coefficient (Wildman–Crippen LogP) is 6.55. The van der Waals surface area contributed by atoms with Gasteiger partial charge in [-0.25, -0.2) is 19.0 Å². The van der Waals surface area contributed by atoms with Crippen molar-refractivity contribution in [3.05, 3.63) is 12.7 Å². The van der Waals surface area contributed by atoms with Crippen LogP contribution in [0.2, 0.25) is 0 Å². The minimum Gasteiger partial charge on any atom is -0.462 e. The van der Waals surface area contributed by atoms with Gasteiger partial charge in [-0.2, -0.15) is 83.4 Å². The number of hydrogen-bond donors (Lipinski definition) is 0. The fourth-order valence-corrected chi connectivity index (χ4v) is 1.51. The van der Waals surface area contributed by atoms with Crippen LogP contribution in [0.5, 0.6) is 0 Å². The van der Waals surface area contributed by atoms with Crippen LogP contribution in [0.15, 0.2) is 12.7 Å². The van der Waals surface area contributed by atoms with E-state index in [0.717, 1.165) is 0 Å². The Bertz CT molecular complexity index is 849. The second-order valence-corrected chi connectivity index (χ2v) is 6.31. The zero-order chi connectivity index (χ0) is 31.0. The molecule has 24 heteroatoms. The number of ether oxygens (including phenoxy) is 4. The van der Waals surface area contributed by atoms with Gasteiger partial charge in [0.25, 0.3) is 0 Å². The van der Waals surface area contributed by atoms with E-state index >= 15 is 0 Å². The van der Waals surface area contributed by atoms with E-state index in [1.54, 1.807) is 4.74 Å². The van der Waals surface area contributed by atoms with Crippen molar-refractivity contribution in [3.8, 4) is 0 Å². The summed E-state index contributed by atoms with van der Waals surface area (Å²) >= 11 is 0. The van der Waals surface area contributed by atoms with E-state index in [1.165, 1.54) is 9.47 Å². The second kappa shape index (κ2) is 10.4. The normalized spacial score (nSPS) is 15.4. The highest BCUT2D eigenvalue weighted by Crippen LogP contribution is 2.54. The van der Waals surface area contributed by atoms with Gasteiger partial charge in [-0.1, -0.05) is 6.58 Å². The summed E-state index contributed by atoms with van der Waals surface area (Å²) in [6.45, 7) is 0.921. The van der Waals surface area contributed by atoms with Gasteiger partial charge in [-0.15, -0.1) is 0 Å². The van der Waals surface area contributed by atoms with Gasteiger partial charge in [-0.05, 0) is 0 Å². The molecule has 0 amide bonds. The first-order valence-corrected chi connectivity index (χ1v) is 8.31. The lowest BCUT2D eigenvalue weighted by Gasteiger charge is -2.36. The SMILES string of the molecule is C=CC(=O)OCCC(F)(F)C(F)(F)OC(F)(F)C(F)(F)OC(F)(F)C(F)(F)OC(F)(F)C(F)(F)C(F)(F)F. The largest absolute Gasteiger partial charge is 0.462 e. The van der Waals surface area contributed by atoms with Crippen LogP contribution in [0.1, 0.15) is 6.42 Å². The Hall–Kier alpha value is -2.24. The highest BCUT2D eigenvalue weighted by atomic mass is 19.4. The third kappa shape index (κ3) is 7.45. The van der Waals surface area contributed by atoms with Crippen molar-refractivity contribution in [2.75, 3.05) is 6.61 Å². The Labute approximate surface area is 195 Å². The summed E-state index contributed by atoms with van der Waals surface area (Å²) in [5, 5.41) is 0. The molecule has 226 valence electrons. The summed E-state index contributed by atoms with van der Waals surface area (Å²) in [6, 6.07) is 0. The summed E-state index contributed by atoms with van der Waals surface area (Å²) in [5.41, 5.74) is 0. The summed E-state index contributed by atoms with van der Waals surface area (Å²) in [6.07, 6.45) is -55.3. The molecule has 0 unspecified atom stereocenters. The van der Waals surface area contributed by atoms with Crippen LogP contribution in [0.4, 0.5) is 83.4 Å². The number of esters is 1. The minimum absolute atomic E-state index is 0.263. The lowest BCUT2D eigenvalue weighted by molar-refractivity contribution is -0.572.